The third-order valence-corrected chi connectivity index (χ3v) is 4.87. The van der Waals surface area contributed by atoms with Crippen LogP contribution in [0.4, 0.5) is 4.39 Å². The standard InChI is InChI=1S/C18H30FN3O/c1-14(2)10-15-11-20-22(12-15)18(5)6-8-21(9-7-18)16(23)17(3,4)13-19/h11-12,14H,6-10,13H2,1-5H3. The molecule has 1 aromatic heterocycles. The van der Waals surface area contributed by atoms with Crippen molar-refractivity contribution in [2.45, 2.75) is 59.4 Å². The molecule has 1 aromatic rings. The first-order chi connectivity index (χ1) is 10.7. The van der Waals surface area contributed by atoms with Crippen molar-refractivity contribution in [3.05, 3.63) is 18.0 Å². The molecule has 0 atom stereocenters. The van der Waals surface area contributed by atoms with Gasteiger partial charge >= 0.3 is 0 Å². The van der Waals surface area contributed by atoms with E-state index in [-0.39, 0.29) is 11.4 Å². The Morgan fingerprint density at radius 1 is 1.39 bits per heavy atom. The molecule has 0 bridgehead atoms. The van der Waals surface area contributed by atoms with Crippen molar-refractivity contribution in [2.75, 3.05) is 19.8 Å². The topological polar surface area (TPSA) is 38.1 Å². The molecule has 130 valence electrons. The summed E-state index contributed by atoms with van der Waals surface area (Å²) < 4.78 is 15.1. The fourth-order valence-corrected chi connectivity index (χ4v) is 3.14. The van der Waals surface area contributed by atoms with E-state index in [0.717, 1.165) is 19.3 Å². The molecule has 1 fully saturated rings. The summed E-state index contributed by atoms with van der Waals surface area (Å²) in [5.41, 5.74) is 0.286. The Morgan fingerprint density at radius 3 is 2.52 bits per heavy atom. The van der Waals surface area contributed by atoms with E-state index in [1.54, 1.807) is 18.7 Å². The van der Waals surface area contributed by atoms with Gasteiger partial charge in [-0.3, -0.25) is 9.48 Å². The number of halogens is 1. The second-order valence-electron chi connectivity index (χ2n) is 8.20. The number of hydrogen-bond acceptors (Lipinski definition) is 2. The van der Waals surface area contributed by atoms with Gasteiger partial charge in [0.1, 0.15) is 6.67 Å². The van der Waals surface area contributed by atoms with Crippen LogP contribution in [-0.4, -0.2) is 40.4 Å². The van der Waals surface area contributed by atoms with Crippen molar-refractivity contribution in [3.8, 4) is 0 Å². The maximum absolute atomic E-state index is 13.0. The summed E-state index contributed by atoms with van der Waals surface area (Å²) >= 11 is 0. The molecule has 1 aliphatic rings. The van der Waals surface area contributed by atoms with E-state index >= 15 is 0 Å². The van der Waals surface area contributed by atoms with E-state index in [4.69, 9.17) is 0 Å². The van der Waals surface area contributed by atoms with Gasteiger partial charge in [0.2, 0.25) is 5.91 Å². The summed E-state index contributed by atoms with van der Waals surface area (Å²) in [4.78, 5) is 14.2. The Bertz CT molecular complexity index is 542. The van der Waals surface area contributed by atoms with Crippen molar-refractivity contribution < 1.29 is 9.18 Å². The van der Waals surface area contributed by atoms with Crippen LogP contribution in [0, 0.1) is 11.3 Å². The molecule has 0 N–H and O–H groups in total. The van der Waals surface area contributed by atoms with Crippen molar-refractivity contribution in [1.82, 2.24) is 14.7 Å². The number of hydrogen-bond donors (Lipinski definition) is 0. The smallest absolute Gasteiger partial charge is 0.230 e. The molecule has 0 radical (unpaired) electrons. The molecule has 2 heterocycles. The number of alkyl halides is 1. The van der Waals surface area contributed by atoms with Gasteiger partial charge in [0.05, 0.1) is 17.2 Å². The van der Waals surface area contributed by atoms with E-state index in [2.05, 4.69) is 36.7 Å². The summed E-state index contributed by atoms with van der Waals surface area (Å²) in [6.45, 7) is 10.7. The van der Waals surface area contributed by atoms with E-state index in [1.807, 2.05) is 6.20 Å². The minimum atomic E-state index is -0.913. The number of amides is 1. The quantitative estimate of drug-likeness (QED) is 0.833. The van der Waals surface area contributed by atoms with Crippen LogP contribution in [0.3, 0.4) is 0 Å². The highest BCUT2D eigenvalue weighted by Gasteiger charge is 2.38. The zero-order valence-corrected chi connectivity index (χ0v) is 15.1. The normalized spacial score (nSPS) is 18.5. The minimum absolute atomic E-state index is 0.0636. The maximum atomic E-state index is 13.0. The molecule has 23 heavy (non-hydrogen) atoms. The first-order valence-corrected chi connectivity index (χ1v) is 8.57. The first kappa shape index (κ1) is 18.0. The maximum Gasteiger partial charge on any atom is 0.230 e. The summed E-state index contributed by atoms with van der Waals surface area (Å²) in [5, 5.41) is 4.55. The molecule has 0 aromatic carbocycles. The Morgan fingerprint density at radius 2 is 2.00 bits per heavy atom. The predicted molar refractivity (Wildman–Crippen MR) is 90.0 cm³/mol. The van der Waals surface area contributed by atoms with E-state index < -0.39 is 12.1 Å². The average molecular weight is 323 g/mol. The van der Waals surface area contributed by atoms with Gasteiger partial charge in [0.15, 0.2) is 0 Å². The molecular formula is C18H30FN3O. The molecule has 2 rings (SSSR count). The Hall–Kier alpha value is -1.39. The van der Waals surface area contributed by atoms with Crippen molar-refractivity contribution in [1.29, 1.82) is 0 Å². The van der Waals surface area contributed by atoms with Crippen molar-refractivity contribution >= 4 is 5.91 Å². The van der Waals surface area contributed by atoms with Crippen LogP contribution in [0.25, 0.3) is 0 Å². The fourth-order valence-electron chi connectivity index (χ4n) is 3.14. The number of nitrogens with zero attached hydrogens (tertiary/aromatic N) is 3. The van der Waals surface area contributed by atoms with Crippen molar-refractivity contribution in [2.24, 2.45) is 11.3 Å². The fraction of sp³-hybridized carbons (Fsp3) is 0.778. The Balaban J connectivity index is 2.02. The van der Waals surface area contributed by atoms with Gasteiger partial charge in [-0.05, 0) is 51.5 Å². The molecule has 4 nitrogen and oxygen atoms in total. The van der Waals surface area contributed by atoms with Gasteiger partial charge < -0.3 is 4.90 Å². The number of aromatic nitrogens is 2. The van der Waals surface area contributed by atoms with Gasteiger partial charge in [-0.2, -0.15) is 5.10 Å². The van der Waals surface area contributed by atoms with E-state index in [0.29, 0.717) is 19.0 Å². The molecule has 1 aliphatic heterocycles. The summed E-state index contributed by atoms with van der Waals surface area (Å²) in [7, 11) is 0. The second kappa shape index (κ2) is 6.62. The van der Waals surface area contributed by atoms with Crippen LogP contribution in [0.5, 0.6) is 0 Å². The van der Waals surface area contributed by atoms with Gasteiger partial charge in [0.25, 0.3) is 0 Å². The van der Waals surface area contributed by atoms with Crippen LogP contribution < -0.4 is 0 Å². The van der Waals surface area contributed by atoms with Crippen molar-refractivity contribution in [3.63, 3.8) is 0 Å². The Kier molecular flexibility index (Phi) is 5.17. The largest absolute Gasteiger partial charge is 0.342 e. The van der Waals surface area contributed by atoms with Crippen LogP contribution in [0.15, 0.2) is 12.4 Å². The number of carbonyl (C=O) groups is 1. The van der Waals surface area contributed by atoms with Crippen LogP contribution in [0.1, 0.15) is 53.0 Å². The van der Waals surface area contributed by atoms with Gasteiger partial charge in [-0.1, -0.05) is 13.8 Å². The lowest BCUT2D eigenvalue weighted by Crippen LogP contribution is -2.50. The highest BCUT2D eigenvalue weighted by Crippen LogP contribution is 2.31. The minimum Gasteiger partial charge on any atom is -0.342 e. The molecule has 0 unspecified atom stereocenters. The second-order valence-corrected chi connectivity index (χ2v) is 8.20. The third kappa shape index (κ3) is 3.93. The predicted octanol–water partition coefficient (Wildman–Crippen LogP) is 3.41. The first-order valence-electron chi connectivity index (χ1n) is 8.57. The van der Waals surface area contributed by atoms with Gasteiger partial charge in [-0.25, -0.2) is 4.39 Å². The molecular weight excluding hydrogens is 293 g/mol. The zero-order chi connectivity index (χ0) is 17.3. The molecule has 0 aliphatic carbocycles. The molecule has 5 heteroatoms. The molecule has 0 saturated carbocycles. The number of piperidine rings is 1. The number of likely N-dealkylation sites (tertiary alicyclic amines) is 1. The average Bonchev–Trinajstić information content (AvgIpc) is 2.96. The summed E-state index contributed by atoms with van der Waals surface area (Å²) in [5.74, 6) is 0.533. The number of rotatable bonds is 5. The summed E-state index contributed by atoms with van der Waals surface area (Å²) in [6.07, 6.45) is 6.83. The lowest BCUT2D eigenvalue weighted by Gasteiger charge is -2.41. The SMILES string of the molecule is CC(C)Cc1cnn(C2(C)CCN(C(=O)C(C)(C)CF)CC2)c1. The highest BCUT2D eigenvalue weighted by molar-refractivity contribution is 5.82. The van der Waals surface area contributed by atoms with Crippen LogP contribution >= 0.6 is 0 Å². The Labute approximate surface area is 139 Å². The number of carbonyl (C=O) groups excluding carboxylic acids is 1. The highest BCUT2D eigenvalue weighted by atomic mass is 19.1. The van der Waals surface area contributed by atoms with Gasteiger partial charge in [0, 0.05) is 19.3 Å². The third-order valence-electron chi connectivity index (χ3n) is 4.87. The lowest BCUT2D eigenvalue weighted by atomic mass is 9.87. The van der Waals surface area contributed by atoms with Crippen LogP contribution in [0.2, 0.25) is 0 Å². The monoisotopic (exact) mass is 323 g/mol. The zero-order valence-electron chi connectivity index (χ0n) is 15.1. The molecule has 1 amide bonds. The van der Waals surface area contributed by atoms with E-state index in [9.17, 15) is 9.18 Å². The van der Waals surface area contributed by atoms with Crippen LogP contribution in [-0.2, 0) is 16.8 Å². The molecule has 1 saturated heterocycles. The van der Waals surface area contributed by atoms with Gasteiger partial charge in [-0.15, -0.1) is 0 Å². The lowest BCUT2D eigenvalue weighted by molar-refractivity contribution is -0.143. The summed E-state index contributed by atoms with van der Waals surface area (Å²) in [6, 6.07) is 0. The molecule has 0 spiro atoms. The van der Waals surface area contributed by atoms with E-state index in [1.165, 1.54) is 5.56 Å².